The normalized spacial score (nSPS) is 12.4. The average molecular weight is 292 g/mol. The van der Waals surface area contributed by atoms with Gasteiger partial charge in [-0.15, -0.1) is 0 Å². The minimum absolute atomic E-state index is 0.0546. The minimum atomic E-state index is -0.228. The zero-order valence-corrected chi connectivity index (χ0v) is 12.6. The summed E-state index contributed by atoms with van der Waals surface area (Å²) in [7, 11) is 1.81. The number of halogens is 1. The van der Waals surface area contributed by atoms with Crippen molar-refractivity contribution in [1.82, 2.24) is 9.78 Å². The second kappa shape index (κ2) is 6.09. The van der Waals surface area contributed by atoms with E-state index in [1.807, 2.05) is 33.0 Å². The van der Waals surface area contributed by atoms with Crippen LogP contribution in [0.3, 0.4) is 0 Å². The maximum atomic E-state index is 12.5. The summed E-state index contributed by atoms with van der Waals surface area (Å²) in [6.07, 6.45) is 1.79. The Morgan fingerprint density at radius 2 is 1.90 bits per heavy atom. The average Bonchev–Trinajstić information content (AvgIpc) is 2.77. The minimum Gasteiger partial charge on any atom is -0.309 e. The maximum absolute atomic E-state index is 12.5. The van der Waals surface area contributed by atoms with Crippen molar-refractivity contribution >= 4 is 23.3 Å². The first-order valence-corrected chi connectivity index (χ1v) is 6.91. The van der Waals surface area contributed by atoms with Gasteiger partial charge in [0.15, 0.2) is 5.82 Å². The van der Waals surface area contributed by atoms with Crippen LogP contribution in [0.1, 0.15) is 25.3 Å². The fraction of sp³-hybridized carbons (Fsp3) is 0.333. The van der Waals surface area contributed by atoms with Crippen LogP contribution in [-0.2, 0) is 11.8 Å². The molecule has 0 aliphatic heterocycles. The van der Waals surface area contributed by atoms with E-state index in [0.717, 1.165) is 5.56 Å². The molecule has 5 heteroatoms. The van der Waals surface area contributed by atoms with Crippen molar-refractivity contribution in [3.63, 3.8) is 0 Å². The van der Waals surface area contributed by atoms with Crippen molar-refractivity contribution in [2.24, 2.45) is 13.0 Å². The molecule has 1 atom stereocenters. The predicted molar refractivity (Wildman–Crippen MR) is 80.9 cm³/mol. The molecule has 2 aromatic rings. The van der Waals surface area contributed by atoms with Crippen molar-refractivity contribution in [2.75, 3.05) is 5.32 Å². The summed E-state index contributed by atoms with van der Waals surface area (Å²) < 4.78 is 1.66. The third-order valence-corrected chi connectivity index (χ3v) is 3.40. The molecule has 0 spiro atoms. The van der Waals surface area contributed by atoms with Crippen LogP contribution in [0.25, 0.3) is 0 Å². The Morgan fingerprint density at radius 3 is 2.40 bits per heavy atom. The van der Waals surface area contributed by atoms with Crippen LogP contribution in [-0.4, -0.2) is 15.7 Å². The Labute approximate surface area is 123 Å². The molecule has 106 valence electrons. The number of nitrogens with zero attached hydrogens (tertiary/aromatic N) is 2. The number of aromatic nitrogens is 2. The number of rotatable bonds is 4. The standard InChI is InChI=1S/C15H18ClN3O/c1-10(2)14(11-4-6-12(16)7-5-11)15(20)17-13-8-9-19(3)18-13/h4-10,14H,1-3H3,(H,17,18,20)/t14-/m1/s1. The Bertz CT molecular complexity index is 589. The molecule has 0 radical (unpaired) electrons. The van der Waals surface area contributed by atoms with E-state index in [0.29, 0.717) is 10.8 Å². The molecule has 0 saturated heterocycles. The monoisotopic (exact) mass is 291 g/mol. The summed E-state index contributed by atoms with van der Waals surface area (Å²) in [6, 6.07) is 9.17. The third-order valence-electron chi connectivity index (χ3n) is 3.14. The first kappa shape index (κ1) is 14.6. The van der Waals surface area contributed by atoms with Crippen LogP contribution in [0.2, 0.25) is 5.02 Å². The van der Waals surface area contributed by atoms with Crippen molar-refractivity contribution in [3.05, 3.63) is 47.1 Å². The first-order valence-electron chi connectivity index (χ1n) is 6.53. The van der Waals surface area contributed by atoms with E-state index < -0.39 is 0 Å². The summed E-state index contributed by atoms with van der Waals surface area (Å²) in [6.45, 7) is 4.05. The zero-order chi connectivity index (χ0) is 14.7. The van der Waals surface area contributed by atoms with Gasteiger partial charge in [0.1, 0.15) is 0 Å². The van der Waals surface area contributed by atoms with Gasteiger partial charge in [0.25, 0.3) is 0 Å². The van der Waals surface area contributed by atoms with E-state index in [4.69, 9.17) is 11.6 Å². The third kappa shape index (κ3) is 3.39. The number of anilines is 1. The highest BCUT2D eigenvalue weighted by atomic mass is 35.5. The molecule has 0 saturated carbocycles. The second-order valence-electron chi connectivity index (χ2n) is 5.14. The Hall–Kier alpha value is -1.81. The predicted octanol–water partition coefficient (Wildman–Crippen LogP) is 3.45. The molecular weight excluding hydrogens is 274 g/mol. The Morgan fingerprint density at radius 1 is 1.25 bits per heavy atom. The van der Waals surface area contributed by atoms with Gasteiger partial charge in [-0.1, -0.05) is 37.6 Å². The fourth-order valence-electron chi connectivity index (χ4n) is 2.19. The Kier molecular flexibility index (Phi) is 4.45. The number of hydrogen-bond donors (Lipinski definition) is 1. The lowest BCUT2D eigenvalue weighted by atomic mass is 9.87. The molecule has 1 aromatic heterocycles. The number of amides is 1. The van der Waals surface area contributed by atoms with Crippen LogP contribution >= 0.6 is 11.6 Å². The van der Waals surface area contributed by atoms with Gasteiger partial charge in [-0.2, -0.15) is 5.10 Å². The molecule has 1 amide bonds. The molecule has 0 unspecified atom stereocenters. The van der Waals surface area contributed by atoms with Gasteiger partial charge in [-0.05, 0) is 23.6 Å². The van der Waals surface area contributed by atoms with Gasteiger partial charge < -0.3 is 5.32 Å². The van der Waals surface area contributed by atoms with E-state index in [1.165, 1.54) is 0 Å². The maximum Gasteiger partial charge on any atom is 0.233 e. The van der Waals surface area contributed by atoms with E-state index in [-0.39, 0.29) is 17.7 Å². The first-order chi connectivity index (χ1) is 9.47. The molecule has 0 bridgehead atoms. The Balaban J connectivity index is 2.20. The smallest absolute Gasteiger partial charge is 0.233 e. The van der Waals surface area contributed by atoms with Gasteiger partial charge in [0, 0.05) is 24.3 Å². The highest BCUT2D eigenvalue weighted by molar-refractivity contribution is 6.30. The lowest BCUT2D eigenvalue weighted by molar-refractivity contribution is -0.118. The molecule has 0 aliphatic carbocycles. The van der Waals surface area contributed by atoms with E-state index in [9.17, 15) is 4.79 Å². The molecule has 4 nitrogen and oxygen atoms in total. The van der Waals surface area contributed by atoms with Gasteiger partial charge in [0.05, 0.1) is 5.92 Å². The number of benzene rings is 1. The zero-order valence-electron chi connectivity index (χ0n) is 11.8. The molecule has 1 heterocycles. The fourth-order valence-corrected chi connectivity index (χ4v) is 2.32. The van der Waals surface area contributed by atoms with Gasteiger partial charge in [-0.3, -0.25) is 9.48 Å². The summed E-state index contributed by atoms with van der Waals surface area (Å²) in [5.41, 5.74) is 0.956. The summed E-state index contributed by atoms with van der Waals surface area (Å²) in [5.74, 6) is 0.465. The topological polar surface area (TPSA) is 46.9 Å². The molecule has 0 aliphatic rings. The molecule has 0 fully saturated rings. The van der Waals surface area contributed by atoms with Crippen molar-refractivity contribution in [1.29, 1.82) is 0 Å². The number of hydrogen-bond acceptors (Lipinski definition) is 2. The largest absolute Gasteiger partial charge is 0.309 e. The molecule has 20 heavy (non-hydrogen) atoms. The van der Waals surface area contributed by atoms with Crippen LogP contribution < -0.4 is 5.32 Å². The van der Waals surface area contributed by atoms with Crippen LogP contribution in [0.5, 0.6) is 0 Å². The van der Waals surface area contributed by atoms with Crippen molar-refractivity contribution < 1.29 is 4.79 Å². The number of nitrogens with one attached hydrogen (secondary N) is 1. The van der Waals surface area contributed by atoms with Crippen molar-refractivity contribution in [2.45, 2.75) is 19.8 Å². The van der Waals surface area contributed by atoms with E-state index >= 15 is 0 Å². The van der Waals surface area contributed by atoms with Crippen molar-refractivity contribution in [3.8, 4) is 0 Å². The van der Waals surface area contributed by atoms with Crippen LogP contribution in [0.4, 0.5) is 5.82 Å². The number of aryl methyl sites for hydroxylation is 1. The quantitative estimate of drug-likeness (QED) is 0.938. The lowest BCUT2D eigenvalue weighted by Crippen LogP contribution is -2.25. The van der Waals surface area contributed by atoms with Gasteiger partial charge >= 0.3 is 0 Å². The lowest BCUT2D eigenvalue weighted by Gasteiger charge is -2.20. The van der Waals surface area contributed by atoms with Gasteiger partial charge in [-0.25, -0.2) is 0 Å². The van der Waals surface area contributed by atoms with E-state index in [2.05, 4.69) is 10.4 Å². The highest BCUT2D eigenvalue weighted by Gasteiger charge is 2.24. The van der Waals surface area contributed by atoms with E-state index in [1.54, 1.807) is 29.1 Å². The summed E-state index contributed by atoms with van der Waals surface area (Å²) in [4.78, 5) is 12.5. The number of carbonyl (C=O) groups excluding carboxylic acids is 1. The van der Waals surface area contributed by atoms with Gasteiger partial charge in [0.2, 0.25) is 5.91 Å². The molecule has 1 N–H and O–H groups in total. The van der Waals surface area contributed by atoms with Crippen LogP contribution in [0.15, 0.2) is 36.5 Å². The molecule has 1 aromatic carbocycles. The SMILES string of the molecule is CC(C)[C@@H](C(=O)Nc1ccn(C)n1)c1ccc(Cl)cc1. The number of carbonyl (C=O) groups is 1. The molecule has 2 rings (SSSR count). The highest BCUT2D eigenvalue weighted by Crippen LogP contribution is 2.27. The second-order valence-corrected chi connectivity index (χ2v) is 5.57. The van der Waals surface area contributed by atoms with Crippen LogP contribution in [0, 0.1) is 5.92 Å². The summed E-state index contributed by atoms with van der Waals surface area (Å²) >= 11 is 5.89. The molecular formula is C15H18ClN3O. The summed E-state index contributed by atoms with van der Waals surface area (Å²) in [5, 5.41) is 7.69.